The lowest BCUT2D eigenvalue weighted by Gasteiger charge is -2.23. The first kappa shape index (κ1) is 14.1. The summed E-state index contributed by atoms with van der Waals surface area (Å²) in [5, 5.41) is 3.56. The molecule has 0 radical (unpaired) electrons. The van der Waals surface area contributed by atoms with E-state index >= 15 is 0 Å². The number of hydrogen-bond acceptors (Lipinski definition) is 3. The van der Waals surface area contributed by atoms with Gasteiger partial charge in [-0.25, -0.2) is 0 Å². The van der Waals surface area contributed by atoms with Gasteiger partial charge in [0.2, 0.25) is 0 Å². The summed E-state index contributed by atoms with van der Waals surface area (Å²) in [7, 11) is 0. The summed E-state index contributed by atoms with van der Waals surface area (Å²) >= 11 is 0. The molecule has 0 aromatic carbocycles. The van der Waals surface area contributed by atoms with Crippen molar-refractivity contribution in [2.75, 3.05) is 6.54 Å². The van der Waals surface area contributed by atoms with Crippen LogP contribution in [0.2, 0.25) is 0 Å². The van der Waals surface area contributed by atoms with Gasteiger partial charge in [0.05, 0.1) is 11.7 Å². The van der Waals surface area contributed by atoms with Gasteiger partial charge in [-0.3, -0.25) is 9.97 Å². The van der Waals surface area contributed by atoms with E-state index in [0.717, 1.165) is 25.1 Å². The molecule has 1 heterocycles. The van der Waals surface area contributed by atoms with E-state index in [9.17, 15) is 0 Å². The Bertz CT molecular complexity index is 303. The van der Waals surface area contributed by atoms with E-state index in [2.05, 4.69) is 43.0 Å². The van der Waals surface area contributed by atoms with Crippen molar-refractivity contribution in [1.29, 1.82) is 0 Å². The van der Waals surface area contributed by atoms with E-state index in [4.69, 9.17) is 0 Å². The highest BCUT2D eigenvalue weighted by molar-refractivity contribution is 5.02. The molecule has 1 atom stereocenters. The lowest BCUT2D eigenvalue weighted by molar-refractivity contribution is 0.329. The zero-order valence-electron chi connectivity index (χ0n) is 11.5. The molecule has 1 unspecified atom stereocenters. The van der Waals surface area contributed by atoms with Gasteiger partial charge in [0.25, 0.3) is 0 Å². The second kappa shape index (κ2) is 6.70. The lowest BCUT2D eigenvalue weighted by Crippen LogP contribution is -2.24. The van der Waals surface area contributed by atoms with Crippen LogP contribution in [0.4, 0.5) is 0 Å². The maximum absolute atomic E-state index is 4.41. The van der Waals surface area contributed by atoms with E-state index in [-0.39, 0.29) is 0 Å². The van der Waals surface area contributed by atoms with Crippen molar-refractivity contribution < 1.29 is 0 Å². The molecule has 3 nitrogen and oxygen atoms in total. The van der Waals surface area contributed by atoms with Gasteiger partial charge in [-0.05, 0) is 31.2 Å². The van der Waals surface area contributed by atoms with Crippen LogP contribution >= 0.6 is 0 Å². The summed E-state index contributed by atoms with van der Waals surface area (Å²) in [6, 6.07) is 0.336. The molecule has 0 aliphatic rings. The van der Waals surface area contributed by atoms with Crippen LogP contribution in [0.3, 0.4) is 0 Å². The first-order valence-electron chi connectivity index (χ1n) is 6.52. The molecule has 0 bridgehead atoms. The minimum absolute atomic E-state index is 0.336. The monoisotopic (exact) mass is 235 g/mol. The van der Waals surface area contributed by atoms with Gasteiger partial charge in [-0.2, -0.15) is 0 Å². The van der Waals surface area contributed by atoms with Gasteiger partial charge in [-0.1, -0.05) is 27.7 Å². The SMILES string of the molecule is CCCNC(CCC(C)(C)C)c1cnccn1. The zero-order valence-corrected chi connectivity index (χ0v) is 11.5. The molecule has 3 heteroatoms. The Hall–Kier alpha value is -0.960. The summed E-state index contributed by atoms with van der Waals surface area (Å²) in [5.41, 5.74) is 1.43. The van der Waals surface area contributed by atoms with Gasteiger partial charge in [0.1, 0.15) is 0 Å². The topological polar surface area (TPSA) is 37.8 Å². The van der Waals surface area contributed by atoms with Crippen LogP contribution < -0.4 is 5.32 Å². The zero-order chi connectivity index (χ0) is 12.7. The van der Waals surface area contributed by atoms with Crippen LogP contribution in [-0.4, -0.2) is 16.5 Å². The number of nitrogens with one attached hydrogen (secondary N) is 1. The normalized spacial score (nSPS) is 13.6. The number of hydrogen-bond donors (Lipinski definition) is 1. The fourth-order valence-corrected chi connectivity index (χ4v) is 1.74. The van der Waals surface area contributed by atoms with Crippen LogP contribution in [0, 0.1) is 5.41 Å². The van der Waals surface area contributed by atoms with Gasteiger partial charge in [0.15, 0.2) is 0 Å². The third-order valence-electron chi connectivity index (χ3n) is 2.76. The van der Waals surface area contributed by atoms with Gasteiger partial charge in [0, 0.05) is 18.6 Å². The molecule has 1 aromatic heterocycles. The van der Waals surface area contributed by atoms with Crippen molar-refractivity contribution >= 4 is 0 Å². The Morgan fingerprint density at radius 3 is 2.59 bits per heavy atom. The molecule has 1 rings (SSSR count). The molecule has 1 N–H and O–H groups in total. The Kier molecular flexibility index (Phi) is 5.56. The largest absolute Gasteiger partial charge is 0.309 e. The molecule has 0 saturated carbocycles. The first-order chi connectivity index (χ1) is 8.03. The molecule has 0 fully saturated rings. The van der Waals surface area contributed by atoms with Gasteiger partial charge < -0.3 is 5.32 Å². The van der Waals surface area contributed by atoms with Crippen molar-refractivity contribution in [3.63, 3.8) is 0 Å². The van der Waals surface area contributed by atoms with Crippen molar-refractivity contribution in [2.45, 2.75) is 53.0 Å². The van der Waals surface area contributed by atoms with E-state index in [1.54, 1.807) is 12.4 Å². The van der Waals surface area contributed by atoms with Gasteiger partial charge >= 0.3 is 0 Å². The Morgan fingerprint density at radius 2 is 2.06 bits per heavy atom. The Labute approximate surface area is 105 Å². The second-order valence-corrected chi connectivity index (χ2v) is 5.74. The molecule has 17 heavy (non-hydrogen) atoms. The van der Waals surface area contributed by atoms with Gasteiger partial charge in [-0.15, -0.1) is 0 Å². The maximum Gasteiger partial charge on any atom is 0.0756 e. The van der Waals surface area contributed by atoms with Crippen molar-refractivity contribution in [3.8, 4) is 0 Å². The van der Waals surface area contributed by atoms with Crippen molar-refractivity contribution in [1.82, 2.24) is 15.3 Å². The average Bonchev–Trinajstić information content (AvgIpc) is 2.29. The predicted molar refractivity (Wildman–Crippen MR) is 71.8 cm³/mol. The summed E-state index contributed by atoms with van der Waals surface area (Å²) in [4.78, 5) is 8.56. The highest BCUT2D eigenvalue weighted by Crippen LogP contribution is 2.26. The van der Waals surface area contributed by atoms with E-state index in [1.165, 1.54) is 6.42 Å². The Morgan fingerprint density at radius 1 is 1.29 bits per heavy atom. The summed E-state index contributed by atoms with van der Waals surface area (Å²) in [6.07, 6.45) is 8.81. The molecule has 0 spiro atoms. The first-order valence-corrected chi connectivity index (χ1v) is 6.52. The van der Waals surface area contributed by atoms with Crippen LogP contribution in [0.5, 0.6) is 0 Å². The smallest absolute Gasteiger partial charge is 0.0756 e. The minimum Gasteiger partial charge on any atom is -0.309 e. The van der Waals surface area contributed by atoms with Crippen LogP contribution in [0.15, 0.2) is 18.6 Å². The molecule has 0 aliphatic carbocycles. The molecule has 96 valence electrons. The number of aromatic nitrogens is 2. The predicted octanol–water partition coefficient (Wildman–Crippen LogP) is 3.34. The third kappa shape index (κ3) is 5.78. The number of nitrogens with zero attached hydrogens (tertiary/aromatic N) is 2. The standard InChI is InChI=1S/C14H25N3/c1-5-8-16-12(6-7-14(2,3)4)13-11-15-9-10-17-13/h9-12,16H,5-8H2,1-4H3. The molecule has 0 saturated heterocycles. The summed E-state index contributed by atoms with van der Waals surface area (Å²) < 4.78 is 0. The summed E-state index contributed by atoms with van der Waals surface area (Å²) in [6.45, 7) is 10.1. The second-order valence-electron chi connectivity index (χ2n) is 5.74. The average molecular weight is 235 g/mol. The van der Waals surface area contributed by atoms with E-state index in [1.807, 2.05) is 6.20 Å². The van der Waals surface area contributed by atoms with E-state index in [0.29, 0.717) is 11.5 Å². The fraction of sp³-hybridized carbons (Fsp3) is 0.714. The van der Waals surface area contributed by atoms with Crippen LogP contribution in [-0.2, 0) is 0 Å². The number of rotatable bonds is 6. The molecular weight excluding hydrogens is 210 g/mol. The Balaban J connectivity index is 2.61. The van der Waals surface area contributed by atoms with Crippen LogP contribution in [0.1, 0.15) is 58.7 Å². The maximum atomic E-state index is 4.41. The highest BCUT2D eigenvalue weighted by Gasteiger charge is 2.17. The summed E-state index contributed by atoms with van der Waals surface area (Å²) in [5.74, 6) is 0. The van der Waals surface area contributed by atoms with Crippen molar-refractivity contribution in [3.05, 3.63) is 24.3 Å². The van der Waals surface area contributed by atoms with E-state index < -0.39 is 0 Å². The fourth-order valence-electron chi connectivity index (χ4n) is 1.74. The quantitative estimate of drug-likeness (QED) is 0.821. The highest BCUT2D eigenvalue weighted by atomic mass is 14.9. The van der Waals surface area contributed by atoms with Crippen LogP contribution in [0.25, 0.3) is 0 Å². The van der Waals surface area contributed by atoms with Crippen molar-refractivity contribution in [2.24, 2.45) is 5.41 Å². The third-order valence-corrected chi connectivity index (χ3v) is 2.76. The molecule has 1 aromatic rings. The molecular formula is C14H25N3. The molecule has 0 amide bonds. The minimum atomic E-state index is 0.336. The lowest BCUT2D eigenvalue weighted by atomic mass is 9.88. The molecule has 0 aliphatic heterocycles.